The Balaban J connectivity index is 1.96. The van der Waals surface area contributed by atoms with Crippen LogP contribution in [0.3, 0.4) is 0 Å². The molecular formula is C21H17ClF3N3O2. The van der Waals surface area contributed by atoms with Gasteiger partial charge in [0.25, 0.3) is 5.56 Å². The van der Waals surface area contributed by atoms with Crippen LogP contribution in [0.15, 0.2) is 53.3 Å². The number of amides is 1. The van der Waals surface area contributed by atoms with E-state index in [0.717, 1.165) is 12.1 Å². The number of halogens is 4. The molecule has 0 aliphatic rings. The topological polar surface area (TPSA) is 64.0 Å². The van der Waals surface area contributed by atoms with E-state index in [2.05, 4.69) is 10.3 Å². The summed E-state index contributed by atoms with van der Waals surface area (Å²) in [5, 5.41) is 2.83. The predicted octanol–water partition coefficient (Wildman–Crippen LogP) is 4.84. The molecule has 0 radical (unpaired) electrons. The molecule has 3 aromatic rings. The Morgan fingerprint density at radius 3 is 2.50 bits per heavy atom. The maximum Gasteiger partial charge on any atom is 0.416 e. The molecule has 0 spiro atoms. The van der Waals surface area contributed by atoms with Crippen molar-refractivity contribution in [3.63, 3.8) is 0 Å². The third-order valence-corrected chi connectivity index (χ3v) is 4.73. The lowest BCUT2D eigenvalue weighted by Crippen LogP contribution is -2.31. The van der Waals surface area contributed by atoms with Crippen LogP contribution in [0.5, 0.6) is 0 Å². The van der Waals surface area contributed by atoms with Crippen molar-refractivity contribution in [1.82, 2.24) is 9.55 Å². The quantitative estimate of drug-likeness (QED) is 0.638. The number of benzene rings is 2. The fraction of sp³-hybridized carbons (Fsp3) is 0.190. The van der Waals surface area contributed by atoms with Crippen LogP contribution < -0.4 is 10.9 Å². The van der Waals surface area contributed by atoms with Crippen LogP contribution in [0, 0.1) is 13.8 Å². The Morgan fingerprint density at radius 1 is 1.13 bits per heavy atom. The van der Waals surface area contributed by atoms with Gasteiger partial charge in [0.15, 0.2) is 0 Å². The van der Waals surface area contributed by atoms with Crippen molar-refractivity contribution >= 4 is 23.2 Å². The highest BCUT2D eigenvalue weighted by Gasteiger charge is 2.30. The molecule has 1 heterocycles. The number of carbonyl (C=O) groups is 1. The van der Waals surface area contributed by atoms with Gasteiger partial charge in [-0.05, 0) is 44.2 Å². The summed E-state index contributed by atoms with van der Waals surface area (Å²) in [5.74, 6) is -0.422. The number of aryl methyl sites for hydroxylation is 1. The molecule has 1 amide bonds. The molecule has 9 heteroatoms. The molecule has 0 bridgehead atoms. The molecular weight excluding hydrogens is 419 g/mol. The fourth-order valence-corrected chi connectivity index (χ4v) is 3.06. The van der Waals surface area contributed by atoms with Gasteiger partial charge in [0.05, 0.1) is 5.56 Å². The van der Waals surface area contributed by atoms with Gasteiger partial charge in [-0.3, -0.25) is 14.2 Å². The van der Waals surface area contributed by atoms with Crippen molar-refractivity contribution in [2.45, 2.75) is 26.6 Å². The highest BCUT2D eigenvalue weighted by molar-refractivity contribution is 6.30. The lowest BCUT2D eigenvalue weighted by Gasteiger charge is -2.15. The van der Waals surface area contributed by atoms with E-state index < -0.39 is 29.8 Å². The number of hydrogen-bond donors (Lipinski definition) is 1. The molecule has 0 atom stereocenters. The molecule has 0 saturated carbocycles. The number of alkyl halides is 3. The first kappa shape index (κ1) is 21.6. The van der Waals surface area contributed by atoms with Crippen molar-refractivity contribution < 1.29 is 18.0 Å². The molecule has 2 aromatic carbocycles. The van der Waals surface area contributed by atoms with E-state index in [0.29, 0.717) is 21.8 Å². The van der Waals surface area contributed by atoms with Gasteiger partial charge in [0.2, 0.25) is 5.91 Å². The van der Waals surface area contributed by atoms with Crippen molar-refractivity contribution in [3.8, 4) is 11.4 Å². The average molecular weight is 436 g/mol. The molecule has 0 aliphatic carbocycles. The standard InChI is InChI=1S/C21H17ClF3N3O2/c1-12-13(2)26-19(14-5-3-7-16(22)9-14)28(20(12)30)11-18(29)27-17-8-4-6-15(10-17)21(23,24)25/h3-10H,11H2,1-2H3,(H,27,29). The molecule has 0 saturated heterocycles. The summed E-state index contributed by atoms with van der Waals surface area (Å²) in [6, 6.07) is 10.9. The van der Waals surface area contributed by atoms with Gasteiger partial charge in [-0.1, -0.05) is 29.8 Å². The average Bonchev–Trinajstić information content (AvgIpc) is 2.68. The minimum absolute atomic E-state index is 0.0241. The molecule has 1 N–H and O–H groups in total. The van der Waals surface area contributed by atoms with Crippen molar-refractivity contribution in [1.29, 1.82) is 0 Å². The van der Waals surface area contributed by atoms with E-state index in [4.69, 9.17) is 11.6 Å². The second-order valence-electron chi connectivity index (χ2n) is 6.67. The first-order valence-electron chi connectivity index (χ1n) is 8.87. The molecule has 156 valence electrons. The zero-order valence-electron chi connectivity index (χ0n) is 16.0. The first-order valence-corrected chi connectivity index (χ1v) is 9.25. The van der Waals surface area contributed by atoms with Gasteiger partial charge in [-0.2, -0.15) is 13.2 Å². The van der Waals surface area contributed by atoms with Crippen LogP contribution in [0.4, 0.5) is 18.9 Å². The molecule has 1 aromatic heterocycles. The van der Waals surface area contributed by atoms with Crippen LogP contribution in [-0.4, -0.2) is 15.5 Å². The second-order valence-corrected chi connectivity index (χ2v) is 7.11. The number of hydrogen-bond acceptors (Lipinski definition) is 3. The summed E-state index contributed by atoms with van der Waals surface area (Å²) in [7, 11) is 0. The van der Waals surface area contributed by atoms with Gasteiger partial charge in [-0.15, -0.1) is 0 Å². The van der Waals surface area contributed by atoms with E-state index in [9.17, 15) is 22.8 Å². The summed E-state index contributed by atoms with van der Waals surface area (Å²) >= 11 is 6.04. The summed E-state index contributed by atoms with van der Waals surface area (Å²) < 4.78 is 39.8. The zero-order valence-corrected chi connectivity index (χ0v) is 16.8. The SMILES string of the molecule is Cc1nc(-c2cccc(Cl)c2)n(CC(=O)Nc2cccc(C(F)(F)F)c2)c(=O)c1C. The van der Waals surface area contributed by atoms with E-state index in [1.54, 1.807) is 38.1 Å². The fourth-order valence-electron chi connectivity index (χ4n) is 2.87. The number of nitrogens with zero attached hydrogens (tertiary/aromatic N) is 2. The Kier molecular flexibility index (Phi) is 5.98. The molecule has 0 aliphatic heterocycles. The van der Waals surface area contributed by atoms with Crippen LogP contribution in [0.1, 0.15) is 16.8 Å². The third-order valence-electron chi connectivity index (χ3n) is 4.50. The second kappa shape index (κ2) is 8.31. The predicted molar refractivity (Wildman–Crippen MR) is 108 cm³/mol. The summed E-state index contributed by atoms with van der Waals surface area (Å²) in [5.41, 5.74) is 0.0808. The van der Waals surface area contributed by atoms with Crippen molar-refractivity contribution in [2.75, 3.05) is 5.32 Å². The normalized spacial score (nSPS) is 11.4. The molecule has 3 rings (SSSR count). The van der Waals surface area contributed by atoms with Crippen molar-refractivity contribution in [2.24, 2.45) is 0 Å². The Hall–Kier alpha value is -3.13. The van der Waals surface area contributed by atoms with Crippen LogP contribution in [-0.2, 0) is 17.5 Å². The number of anilines is 1. The lowest BCUT2D eigenvalue weighted by atomic mass is 10.1. The zero-order chi connectivity index (χ0) is 22.1. The number of carbonyl (C=O) groups excluding carboxylic acids is 1. The highest BCUT2D eigenvalue weighted by atomic mass is 35.5. The van der Waals surface area contributed by atoms with E-state index in [-0.39, 0.29) is 11.5 Å². The maximum atomic E-state index is 12.9. The van der Waals surface area contributed by atoms with Crippen LogP contribution in [0.25, 0.3) is 11.4 Å². The Labute approximate surface area is 175 Å². The highest BCUT2D eigenvalue weighted by Crippen LogP contribution is 2.30. The third kappa shape index (κ3) is 4.71. The summed E-state index contributed by atoms with van der Waals surface area (Å²) in [4.78, 5) is 29.8. The Bertz CT molecular complexity index is 1170. The van der Waals surface area contributed by atoms with E-state index >= 15 is 0 Å². The van der Waals surface area contributed by atoms with Gasteiger partial charge >= 0.3 is 6.18 Å². The van der Waals surface area contributed by atoms with Gasteiger partial charge in [-0.25, -0.2) is 4.98 Å². The largest absolute Gasteiger partial charge is 0.416 e. The molecule has 0 unspecified atom stereocenters. The smallest absolute Gasteiger partial charge is 0.325 e. The first-order chi connectivity index (χ1) is 14.1. The number of nitrogens with one attached hydrogen (secondary N) is 1. The van der Waals surface area contributed by atoms with Crippen LogP contribution in [0.2, 0.25) is 5.02 Å². The summed E-state index contributed by atoms with van der Waals surface area (Å²) in [6.07, 6.45) is -4.53. The maximum absolute atomic E-state index is 12.9. The van der Waals surface area contributed by atoms with E-state index in [1.165, 1.54) is 16.7 Å². The van der Waals surface area contributed by atoms with Gasteiger partial charge in [0.1, 0.15) is 12.4 Å². The number of aromatic nitrogens is 2. The monoisotopic (exact) mass is 435 g/mol. The molecule has 5 nitrogen and oxygen atoms in total. The van der Waals surface area contributed by atoms with E-state index in [1.807, 2.05) is 0 Å². The summed E-state index contributed by atoms with van der Waals surface area (Å²) in [6.45, 7) is 2.84. The van der Waals surface area contributed by atoms with Crippen LogP contribution >= 0.6 is 11.6 Å². The minimum Gasteiger partial charge on any atom is -0.325 e. The number of rotatable bonds is 4. The van der Waals surface area contributed by atoms with Gasteiger partial charge in [0, 0.05) is 27.5 Å². The lowest BCUT2D eigenvalue weighted by molar-refractivity contribution is -0.137. The minimum atomic E-state index is -4.53. The van der Waals surface area contributed by atoms with Gasteiger partial charge < -0.3 is 5.32 Å². The molecule has 30 heavy (non-hydrogen) atoms. The molecule has 0 fully saturated rings. The Morgan fingerprint density at radius 2 is 1.83 bits per heavy atom. The van der Waals surface area contributed by atoms with Crippen molar-refractivity contribution in [3.05, 3.63) is 80.7 Å².